The van der Waals surface area contributed by atoms with Gasteiger partial charge in [-0.05, 0) is 26.0 Å². The molecule has 0 bridgehead atoms. The van der Waals surface area contributed by atoms with Crippen LogP contribution in [0, 0.1) is 0 Å². The number of rotatable bonds is 5. The van der Waals surface area contributed by atoms with Crippen LogP contribution in [0.15, 0.2) is 24.3 Å². The summed E-state index contributed by atoms with van der Waals surface area (Å²) in [6, 6.07) is 6.35. The zero-order valence-electron chi connectivity index (χ0n) is 11.8. The van der Waals surface area contributed by atoms with E-state index in [1.54, 1.807) is 38.1 Å². The highest BCUT2D eigenvalue weighted by Gasteiger charge is 2.44. The van der Waals surface area contributed by atoms with E-state index in [4.69, 9.17) is 16.3 Å². The van der Waals surface area contributed by atoms with Crippen LogP contribution in [-0.2, 0) is 4.79 Å². The Kier molecular flexibility index (Phi) is 4.39. The Hall–Kier alpha value is -1.79. The number of nitrogens with one attached hydrogen (secondary N) is 1. The van der Waals surface area contributed by atoms with Crippen LogP contribution in [0.3, 0.4) is 0 Å². The standard InChI is InChI=1S/C14H17ClN2O4/c1-14(2)12(19)17(13(20)16-14)7-9(18)8-21-11-6-4-3-5-10(11)15/h3-6,9,18H,7-8H2,1-2H3,(H,16,20). The van der Waals surface area contributed by atoms with Crippen LogP contribution in [-0.4, -0.2) is 46.7 Å². The molecule has 1 fully saturated rings. The third kappa shape index (κ3) is 3.46. The van der Waals surface area contributed by atoms with Gasteiger partial charge in [0.1, 0.15) is 24.0 Å². The number of carbonyl (C=O) groups is 2. The fraction of sp³-hybridized carbons (Fsp3) is 0.429. The minimum atomic E-state index is -0.995. The molecule has 0 radical (unpaired) electrons. The summed E-state index contributed by atoms with van der Waals surface area (Å²) in [6.07, 6.45) is -0.995. The summed E-state index contributed by atoms with van der Waals surface area (Å²) in [5, 5.41) is 12.9. The molecule has 0 aromatic heterocycles. The average Bonchev–Trinajstić information content (AvgIpc) is 2.60. The number of amides is 3. The maximum Gasteiger partial charge on any atom is 0.325 e. The summed E-state index contributed by atoms with van der Waals surface area (Å²) in [5.41, 5.74) is -0.944. The predicted molar refractivity (Wildman–Crippen MR) is 77.3 cm³/mol. The van der Waals surface area contributed by atoms with Gasteiger partial charge in [-0.15, -0.1) is 0 Å². The first-order chi connectivity index (χ1) is 9.81. The summed E-state index contributed by atoms with van der Waals surface area (Å²) >= 11 is 5.93. The second kappa shape index (κ2) is 5.91. The van der Waals surface area contributed by atoms with E-state index in [1.165, 1.54) is 0 Å². The number of imide groups is 1. The average molecular weight is 313 g/mol. The number of ether oxygens (including phenoxy) is 1. The van der Waals surface area contributed by atoms with E-state index in [2.05, 4.69) is 5.32 Å². The number of para-hydroxylation sites is 1. The molecule has 1 aliphatic rings. The maximum atomic E-state index is 12.0. The van der Waals surface area contributed by atoms with E-state index in [1.807, 2.05) is 0 Å². The molecule has 1 atom stereocenters. The number of halogens is 1. The van der Waals surface area contributed by atoms with Crippen LogP contribution < -0.4 is 10.1 Å². The van der Waals surface area contributed by atoms with Crippen molar-refractivity contribution in [2.45, 2.75) is 25.5 Å². The number of aliphatic hydroxyl groups is 1. The molecular weight excluding hydrogens is 296 g/mol. The van der Waals surface area contributed by atoms with Crippen molar-refractivity contribution in [3.8, 4) is 5.75 Å². The molecule has 0 saturated carbocycles. The van der Waals surface area contributed by atoms with Gasteiger partial charge in [-0.25, -0.2) is 4.79 Å². The molecular formula is C14H17ClN2O4. The number of aliphatic hydroxyl groups excluding tert-OH is 1. The molecule has 114 valence electrons. The van der Waals surface area contributed by atoms with E-state index in [-0.39, 0.29) is 19.1 Å². The quantitative estimate of drug-likeness (QED) is 0.806. The van der Waals surface area contributed by atoms with E-state index >= 15 is 0 Å². The largest absolute Gasteiger partial charge is 0.489 e. The Morgan fingerprint density at radius 2 is 2.05 bits per heavy atom. The second-order valence-corrected chi connectivity index (χ2v) is 5.77. The number of benzene rings is 1. The Labute approximate surface area is 127 Å². The lowest BCUT2D eigenvalue weighted by Gasteiger charge is -2.19. The fourth-order valence-electron chi connectivity index (χ4n) is 1.99. The van der Waals surface area contributed by atoms with Crippen molar-refractivity contribution in [1.29, 1.82) is 0 Å². The van der Waals surface area contributed by atoms with E-state index < -0.39 is 17.7 Å². The summed E-state index contributed by atoms with van der Waals surface area (Å²) in [5.74, 6) is 0.0695. The van der Waals surface area contributed by atoms with Gasteiger partial charge in [-0.1, -0.05) is 23.7 Å². The Bertz CT molecular complexity index is 562. The van der Waals surface area contributed by atoms with Gasteiger partial charge in [-0.3, -0.25) is 9.69 Å². The zero-order chi connectivity index (χ0) is 15.6. The Morgan fingerprint density at radius 3 is 2.62 bits per heavy atom. The van der Waals surface area contributed by atoms with E-state index in [0.717, 1.165) is 4.90 Å². The molecule has 0 aliphatic carbocycles. The minimum Gasteiger partial charge on any atom is -0.489 e. The monoisotopic (exact) mass is 312 g/mol. The van der Waals surface area contributed by atoms with E-state index in [9.17, 15) is 14.7 Å². The lowest BCUT2D eigenvalue weighted by Crippen LogP contribution is -2.42. The van der Waals surface area contributed by atoms with Crippen molar-refractivity contribution >= 4 is 23.5 Å². The molecule has 1 aliphatic heterocycles. The molecule has 0 spiro atoms. The predicted octanol–water partition coefficient (Wildman–Crippen LogP) is 1.41. The SMILES string of the molecule is CC1(C)NC(=O)N(CC(O)COc2ccccc2Cl)C1=O. The van der Waals surface area contributed by atoms with Crippen molar-refractivity contribution in [1.82, 2.24) is 10.2 Å². The number of urea groups is 1. The first-order valence-corrected chi connectivity index (χ1v) is 6.88. The lowest BCUT2D eigenvalue weighted by atomic mass is 10.1. The van der Waals surface area contributed by atoms with Gasteiger partial charge in [0.25, 0.3) is 5.91 Å². The first-order valence-electron chi connectivity index (χ1n) is 6.51. The Balaban J connectivity index is 1.91. The molecule has 1 heterocycles. The maximum absolute atomic E-state index is 12.0. The third-order valence-corrected chi connectivity index (χ3v) is 3.42. The fourth-order valence-corrected chi connectivity index (χ4v) is 2.19. The molecule has 6 nitrogen and oxygen atoms in total. The van der Waals surface area contributed by atoms with Gasteiger partial charge in [0, 0.05) is 0 Å². The van der Waals surface area contributed by atoms with Crippen LogP contribution >= 0.6 is 11.6 Å². The van der Waals surface area contributed by atoms with E-state index in [0.29, 0.717) is 10.8 Å². The molecule has 1 aromatic rings. The second-order valence-electron chi connectivity index (χ2n) is 5.37. The van der Waals surface area contributed by atoms with Crippen molar-refractivity contribution in [2.24, 2.45) is 0 Å². The van der Waals surface area contributed by atoms with Crippen molar-refractivity contribution in [3.63, 3.8) is 0 Å². The van der Waals surface area contributed by atoms with Gasteiger partial charge < -0.3 is 15.2 Å². The smallest absolute Gasteiger partial charge is 0.325 e. The highest BCUT2D eigenvalue weighted by molar-refractivity contribution is 6.32. The highest BCUT2D eigenvalue weighted by Crippen LogP contribution is 2.23. The molecule has 21 heavy (non-hydrogen) atoms. The lowest BCUT2D eigenvalue weighted by molar-refractivity contribution is -0.131. The number of hydrogen-bond donors (Lipinski definition) is 2. The molecule has 2 rings (SSSR count). The first kappa shape index (κ1) is 15.6. The topological polar surface area (TPSA) is 78.9 Å². The van der Waals surface area contributed by atoms with Crippen LogP contribution in [0.1, 0.15) is 13.8 Å². The van der Waals surface area contributed by atoms with Gasteiger partial charge in [0.05, 0.1) is 11.6 Å². The normalized spacial score (nSPS) is 18.6. The van der Waals surface area contributed by atoms with Gasteiger partial charge in [0.2, 0.25) is 0 Å². The minimum absolute atomic E-state index is 0.0682. The van der Waals surface area contributed by atoms with Crippen LogP contribution in [0.5, 0.6) is 5.75 Å². The number of β-amino-alcohol motifs (C(OH)–C–C–N with tert-alkyl or cyclic N) is 1. The van der Waals surface area contributed by atoms with Crippen LogP contribution in [0.25, 0.3) is 0 Å². The summed E-state index contributed by atoms with van der Waals surface area (Å²) in [4.78, 5) is 24.6. The van der Waals surface area contributed by atoms with Crippen LogP contribution in [0.2, 0.25) is 5.02 Å². The van der Waals surface area contributed by atoms with Gasteiger partial charge >= 0.3 is 6.03 Å². The summed E-state index contributed by atoms with van der Waals surface area (Å²) < 4.78 is 5.38. The molecule has 7 heteroatoms. The molecule has 1 aromatic carbocycles. The highest BCUT2D eigenvalue weighted by atomic mass is 35.5. The van der Waals surface area contributed by atoms with Crippen molar-refractivity contribution < 1.29 is 19.4 Å². The van der Waals surface area contributed by atoms with Gasteiger partial charge in [-0.2, -0.15) is 0 Å². The number of nitrogens with zero attached hydrogens (tertiary/aromatic N) is 1. The Morgan fingerprint density at radius 1 is 1.38 bits per heavy atom. The molecule has 1 unspecified atom stereocenters. The molecule has 3 amide bonds. The summed E-state index contributed by atoms with van der Waals surface area (Å²) in [7, 11) is 0. The van der Waals surface area contributed by atoms with Crippen LogP contribution in [0.4, 0.5) is 4.79 Å². The third-order valence-electron chi connectivity index (χ3n) is 3.11. The van der Waals surface area contributed by atoms with Gasteiger partial charge in [0.15, 0.2) is 0 Å². The summed E-state index contributed by atoms with van der Waals surface area (Å²) in [6.45, 7) is 3.03. The molecule has 1 saturated heterocycles. The molecule has 2 N–H and O–H groups in total. The van der Waals surface area contributed by atoms with Crippen molar-refractivity contribution in [3.05, 3.63) is 29.3 Å². The number of carbonyl (C=O) groups excluding carboxylic acids is 2. The van der Waals surface area contributed by atoms with Crippen molar-refractivity contribution in [2.75, 3.05) is 13.2 Å². The zero-order valence-corrected chi connectivity index (χ0v) is 12.6. The number of hydrogen-bond acceptors (Lipinski definition) is 4.